The van der Waals surface area contributed by atoms with E-state index in [1.807, 2.05) is 13.1 Å². The second-order valence-corrected chi connectivity index (χ2v) is 6.69. The third-order valence-electron chi connectivity index (χ3n) is 4.39. The molecule has 0 bridgehead atoms. The van der Waals surface area contributed by atoms with E-state index in [0.717, 1.165) is 0 Å². The third-order valence-corrected chi connectivity index (χ3v) is 4.56. The number of hydrogen-bond donors (Lipinski definition) is 2. The molecule has 3 heteroatoms. The zero-order valence-corrected chi connectivity index (χ0v) is 16.2. The standard InChI is InChI=1S/C19H38N2S/c1-5-7-9-11-15-19(3,16-12-10-8-6-2)21(20-4)17-13-14-18-22/h13-14,17-18,20,22H,5-12,15-16H2,1-4H3/b17-13-,18-14-. The van der Waals surface area contributed by atoms with Crippen molar-refractivity contribution in [3.8, 4) is 0 Å². The molecule has 0 spiro atoms. The van der Waals surface area contributed by atoms with Gasteiger partial charge in [-0.25, -0.2) is 5.43 Å². The summed E-state index contributed by atoms with van der Waals surface area (Å²) >= 11 is 4.11. The Labute approximate surface area is 144 Å². The molecule has 0 heterocycles. The molecular weight excluding hydrogens is 288 g/mol. The minimum Gasteiger partial charge on any atom is -0.310 e. The summed E-state index contributed by atoms with van der Waals surface area (Å²) in [5.41, 5.74) is 3.56. The van der Waals surface area contributed by atoms with E-state index >= 15 is 0 Å². The van der Waals surface area contributed by atoms with E-state index in [1.54, 1.807) is 5.41 Å². The van der Waals surface area contributed by atoms with Crippen molar-refractivity contribution >= 4 is 12.6 Å². The molecule has 22 heavy (non-hydrogen) atoms. The van der Waals surface area contributed by atoms with Crippen LogP contribution in [0.5, 0.6) is 0 Å². The summed E-state index contributed by atoms with van der Waals surface area (Å²) in [6.45, 7) is 6.95. The maximum atomic E-state index is 4.11. The van der Waals surface area contributed by atoms with E-state index in [2.05, 4.69) is 56.1 Å². The molecule has 130 valence electrons. The van der Waals surface area contributed by atoms with Crippen molar-refractivity contribution in [2.24, 2.45) is 0 Å². The Balaban J connectivity index is 4.69. The Hall–Kier alpha value is -0.410. The molecule has 0 rings (SSSR count). The monoisotopic (exact) mass is 326 g/mol. The highest BCUT2D eigenvalue weighted by atomic mass is 32.1. The summed E-state index contributed by atoms with van der Waals surface area (Å²) in [6, 6.07) is 0. The minimum atomic E-state index is 0.192. The van der Waals surface area contributed by atoms with E-state index in [0.29, 0.717) is 0 Å². The van der Waals surface area contributed by atoms with Gasteiger partial charge in [0.05, 0.1) is 5.54 Å². The third kappa shape index (κ3) is 9.58. The number of nitrogens with one attached hydrogen (secondary N) is 1. The molecule has 0 unspecified atom stereocenters. The largest absolute Gasteiger partial charge is 0.310 e. The van der Waals surface area contributed by atoms with Crippen LogP contribution in [-0.2, 0) is 0 Å². The zero-order valence-electron chi connectivity index (χ0n) is 15.3. The van der Waals surface area contributed by atoms with E-state index in [1.165, 1.54) is 64.2 Å². The van der Waals surface area contributed by atoms with E-state index < -0.39 is 0 Å². The van der Waals surface area contributed by atoms with Gasteiger partial charge in [0.25, 0.3) is 0 Å². The number of allylic oxidation sites excluding steroid dienone is 2. The van der Waals surface area contributed by atoms with Crippen molar-refractivity contribution < 1.29 is 0 Å². The highest BCUT2D eigenvalue weighted by Crippen LogP contribution is 2.28. The van der Waals surface area contributed by atoms with Crippen LogP contribution in [-0.4, -0.2) is 17.6 Å². The van der Waals surface area contributed by atoms with Gasteiger partial charge in [-0.05, 0) is 31.2 Å². The molecule has 2 nitrogen and oxygen atoms in total. The maximum Gasteiger partial charge on any atom is 0.0528 e. The number of nitrogens with zero attached hydrogens (tertiary/aromatic N) is 1. The Kier molecular flexibility index (Phi) is 13.9. The lowest BCUT2D eigenvalue weighted by Gasteiger charge is -2.41. The number of unbranched alkanes of at least 4 members (excludes halogenated alkanes) is 6. The molecule has 0 amide bonds. The second-order valence-electron chi connectivity index (χ2n) is 6.39. The van der Waals surface area contributed by atoms with E-state index in [-0.39, 0.29) is 5.54 Å². The molecule has 1 N–H and O–H groups in total. The van der Waals surface area contributed by atoms with Crippen LogP contribution in [0.2, 0.25) is 0 Å². The van der Waals surface area contributed by atoms with Gasteiger partial charge in [-0.1, -0.05) is 71.3 Å². The fraction of sp³-hybridized carbons (Fsp3) is 0.789. The van der Waals surface area contributed by atoms with Gasteiger partial charge in [0, 0.05) is 13.2 Å². The van der Waals surface area contributed by atoms with Gasteiger partial charge in [0.1, 0.15) is 0 Å². The Bertz CT molecular complexity index is 288. The summed E-state index contributed by atoms with van der Waals surface area (Å²) in [6.07, 6.45) is 19.3. The topological polar surface area (TPSA) is 15.3 Å². The molecule has 0 saturated carbocycles. The van der Waals surface area contributed by atoms with Gasteiger partial charge in [-0.3, -0.25) is 0 Å². The lowest BCUT2D eigenvalue weighted by atomic mass is 9.87. The molecule has 0 aromatic rings. The van der Waals surface area contributed by atoms with Gasteiger partial charge < -0.3 is 5.01 Å². The van der Waals surface area contributed by atoms with Crippen LogP contribution in [0.25, 0.3) is 0 Å². The number of thiol groups is 1. The number of hydrazine groups is 1. The van der Waals surface area contributed by atoms with E-state index in [4.69, 9.17) is 0 Å². The number of hydrogen-bond acceptors (Lipinski definition) is 3. The van der Waals surface area contributed by atoms with Gasteiger partial charge in [-0.15, -0.1) is 0 Å². The summed E-state index contributed by atoms with van der Waals surface area (Å²) in [5, 5.41) is 4.06. The molecule has 0 aromatic carbocycles. The molecule has 0 aliphatic carbocycles. The molecule has 0 aliphatic heterocycles. The van der Waals surface area contributed by atoms with Gasteiger partial charge >= 0.3 is 0 Å². The van der Waals surface area contributed by atoms with Crippen LogP contribution < -0.4 is 5.43 Å². The molecule has 0 aromatic heterocycles. The first-order chi connectivity index (χ1) is 10.6. The minimum absolute atomic E-state index is 0.192. The maximum absolute atomic E-state index is 4.11. The van der Waals surface area contributed by atoms with Crippen molar-refractivity contribution in [2.45, 2.75) is 90.5 Å². The predicted octanol–water partition coefficient (Wildman–Crippen LogP) is 6.08. The molecule has 0 atom stereocenters. The first kappa shape index (κ1) is 21.6. The first-order valence-corrected chi connectivity index (χ1v) is 9.60. The molecular formula is C19H38N2S. The van der Waals surface area contributed by atoms with Crippen molar-refractivity contribution in [3.63, 3.8) is 0 Å². The predicted molar refractivity (Wildman–Crippen MR) is 104 cm³/mol. The van der Waals surface area contributed by atoms with Crippen molar-refractivity contribution in [1.29, 1.82) is 0 Å². The van der Waals surface area contributed by atoms with Crippen LogP contribution in [0.3, 0.4) is 0 Å². The molecule has 0 aliphatic rings. The van der Waals surface area contributed by atoms with Crippen molar-refractivity contribution in [1.82, 2.24) is 10.4 Å². The summed E-state index contributed by atoms with van der Waals surface area (Å²) in [7, 11) is 2.02. The quantitative estimate of drug-likeness (QED) is 0.174. The van der Waals surface area contributed by atoms with Gasteiger partial charge in [0.15, 0.2) is 0 Å². The first-order valence-electron chi connectivity index (χ1n) is 9.08. The Morgan fingerprint density at radius 1 is 0.909 bits per heavy atom. The summed E-state index contributed by atoms with van der Waals surface area (Å²) in [5.74, 6) is 0. The summed E-state index contributed by atoms with van der Waals surface area (Å²) in [4.78, 5) is 0. The average Bonchev–Trinajstić information content (AvgIpc) is 2.52. The SMILES string of the molecule is CCCCCCC(C)(CCCCCC)N(/C=C\C=C/S)NC. The molecule has 0 fully saturated rings. The summed E-state index contributed by atoms with van der Waals surface area (Å²) < 4.78 is 0. The zero-order chi connectivity index (χ0) is 16.7. The fourth-order valence-corrected chi connectivity index (χ4v) is 3.04. The van der Waals surface area contributed by atoms with Crippen LogP contribution in [0.15, 0.2) is 23.8 Å². The van der Waals surface area contributed by atoms with Gasteiger partial charge in [-0.2, -0.15) is 12.6 Å². The molecule has 0 saturated heterocycles. The Morgan fingerprint density at radius 3 is 1.86 bits per heavy atom. The second kappa shape index (κ2) is 14.2. The molecule has 0 radical (unpaired) electrons. The van der Waals surface area contributed by atoms with E-state index in [9.17, 15) is 0 Å². The highest BCUT2D eigenvalue weighted by Gasteiger charge is 2.28. The Morgan fingerprint density at radius 2 is 1.45 bits per heavy atom. The van der Waals surface area contributed by atoms with Crippen LogP contribution in [0.1, 0.15) is 85.0 Å². The van der Waals surface area contributed by atoms with Crippen molar-refractivity contribution in [2.75, 3.05) is 7.05 Å². The van der Waals surface area contributed by atoms with Crippen LogP contribution in [0, 0.1) is 0 Å². The smallest absolute Gasteiger partial charge is 0.0528 e. The van der Waals surface area contributed by atoms with Gasteiger partial charge in [0.2, 0.25) is 0 Å². The fourth-order valence-electron chi connectivity index (χ4n) is 2.94. The highest BCUT2D eigenvalue weighted by molar-refractivity contribution is 7.83. The van der Waals surface area contributed by atoms with Crippen molar-refractivity contribution in [3.05, 3.63) is 23.8 Å². The van der Waals surface area contributed by atoms with Crippen LogP contribution in [0.4, 0.5) is 0 Å². The van der Waals surface area contributed by atoms with Crippen LogP contribution >= 0.6 is 12.6 Å². The lowest BCUT2D eigenvalue weighted by molar-refractivity contribution is 0.0905. The number of rotatable bonds is 14. The normalized spacial score (nSPS) is 12.6. The lowest BCUT2D eigenvalue weighted by Crippen LogP contribution is -2.49. The average molecular weight is 327 g/mol.